The molecular formula is C12H17ClN6O. The van der Waals surface area contributed by atoms with E-state index in [0.717, 1.165) is 12.1 Å². The Balaban J connectivity index is 1.80. The fourth-order valence-corrected chi connectivity index (χ4v) is 1.99. The van der Waals surface area contributed by atoms with Crippen molar-refractivity contribution in [1.82, 2.24) is 24.9 Å². The molecule has 2 heterocycles. The molecule has 2 rings (SSSR count). The fourth-order valence-electron chi connectivity index (χ4n) is 1.85. The Morgan fingerprint density at radius 2 is 2.30 bits per heavy atom. The Morgan fingerprint density at radius 1 is 1.55 bits per heavy atom. The molecule has 0 aliphatic carbocycles. The predicted octanol–water partition coefficient (Wildman–Crippen LogP) is 0.981. The minimum absolute atomic E-state index is 0.255. The number of aryl methyl sites for hydroxylation is 2. The Morgan fingerprint density at radius 3 is 2.85 bits per heavy atom. The lowest BCUT2D eigenvalue weighted by Crippen LogP contribution is -2.26. The van der Waals surface area contributed by atoms with Gasteiger partial charge in [-0.05, 0) is 13.3 Å². The van der Waals surface area contributed by atoms with Crippen molar-refractivity contribution < 1.29 is 4.79 Å². The molecule has 8 heteroatoms. The van der Waals surface area contributed by atoms with Gasteiger partial charge in [-0.2, -0.15) is 10.2 Å². The van der Waals surface area contributed by atoms with Crippen LogP contribution >= 0.6 is 11.6 Å². The quantitative estimate of drug-likeness (QED) is 0.805. The summed E-state index contributed by atoms with van der Waals surface area (Å²) in [6, 6.07) is 0. The first-order chi connectivity index (χ1) is 9.49. The molecule has 108 valence electrons. The van der Waals surface area contributed by atoms with Gasteiger partial charge in [-0.1, -0.05) is 11.6 Å². The van der Waals surface area contributed by atoms with E-state index in [4.69, 9.17) is 17.3 Å². The highest BCUT2D eigenvalue weighted by Gasteiger charge is 2.13. The number of nitrogens with zero attached hydrogens (tertiary/aromatic N) is 4. The van der Waals surface area contributed by atoms with Crippen molar-refractivity contribution in [2.24, 2.45) is 7.05 Å². The van der Waals surface area contributed by atoms with Crippen molar-refractivity contribution in [1.29, 1.82) is 0 Å². The summed E-state index contributed by atoms with van der Waals surface area (Å²) in [5.74, 6) is -0.265. The number of hydrogen-bond donors (Lipinski definition) is 2. The van der Waals surface area contributed by atoms with Crippen molar-refractivity contribution in [3.8, 4) is 0 Å². The van der Waals surface area contributed by atoms with Gasteiger partial charge < -0.3 is 11.1 Å². The maximum Gasteiger partial charge on any atom is 0.273 e. The molecule has 0 aliphatic heterocycles. The molecular weight excluding hydrogens is 280 g/mol. The third kappa shape index (κ3) is 3.11. The van der Waals surface area contributed by atoms with Crippen LogP contribution in [0.3, 0.4) is 0 Å². The van der Waals surface area contributed by atoms with Crippen molar-refractivity contribution in [3.63, 3.8) is 0 Å². The van der Waals surface area contributed by atoms with Gasteiger partial charge in [0.05, 0.1) is 22.6 Å². The molecule has 0 aromatic carbocycles. The number of nitrogens with two attached hydrogens (primary N) is 1. The second-order valence-corrected chi connectivity index (χ2v) is 4.92. The molecule has 0 saturated carbocycles. The van der Waals surface area contributed by atoms with Gasteiger partial charge in [0.25, 0.3) is 5.91 Å². The van der Waals surface area contributed by atoms with E-state index in [2.05, 4.69) is 15.5 Å². The normalized spacial score (nSPS) is 10.8. The number of hydrogen-bond acceptors (Lipinski definition) is 4. The zero-order valence-electron chi connectivity index (χ0n) is 11.4. The average Bonchev–Trinajstić information content (AvgIpc) is 2.90. The van der Waals surface area contributed by atoms with E-state index < -0.39 is 0 Å². The minimum atomic E-state index is -0.265. The summed E-state index contributed by atoms with van der Waals surface area (Å²) in [5, 5.41) is 11.6. The molecule has 0 unspecified atom stereocenters. The first-order valence-electron chi connectivity index (χ1n) is 6.24. The van der Waals surface area contributed by atoms with E-state index in [1.54, 1.807) is 19.4 Å². The Hall–Kier alpha value is -2.02. The maximum atomic E-state index is 11.9. The summed E-state index contributed by atoms with van der Waals surface area (Å²) in [6.07, 6.45) is 3.96. The topological polar surface area (TPSA) is 90.8 Å². The van der Waals surface area contributed by atoms with Crippen LogP contribution in [0.4, 0.5) is 5.69 Å². The van der Waals surface area contributed by atoms with Gasteiger partial charge in [-0.25, -0.2) is 0 Å². The first kappa shape index (κ1) is 14.4. The monoisotopic (exact) mass is 296 g/mol. The standard InChI is InChI=1S/C12H17ClN6O/c1-8-9(13)6-16-19(8)5-3-4-15-12(20)11-10(14)7-18(2)17-11/h6-7H,3-5,14H2,1-2H3,(H,15,20). The second kappa shape index (κ2) is 5.96. The van der Waals surface area contributed by atoms with E-state index in [-0.39, 0.29) is 11.6 Å². The molecule has 0 spiro atoms. The van der Waals surface area contributed by atoms with Crippen LogP contribution in [-0.2, 0) is 13.6 Å². The van der Waals surface area contributed by atoms with Crippen LogP contribution in [0.2, 0.25) is 5.02 Å². The van der Waals surface area contributed by atoms with Gasteiger partial charge in [0.1, 0.15) is 0 Å². The van der Waals surface area contributed by atoms with Crippen LogP contribution in [0.1, 0.15) is 22.6 Å². The maximum absolute atomic E-state index is 11.9. The van der Waals surface area contributed by atoms with E-state index in [9.17, 15) is 4.79 Å². The summed E-state index contributed by atoms with van der Waals surface area (Å²) in [4.78, 5) is 11.9. The average molecular weight is 297 g/mol. The van der Waals surface area contributed by atoms with Crippen molar-refractivity contribution >= 4 is 23.2 Å². The summed E-state index contributed by atoms with van der Waals surface area (Å²) in [5.41, 5.74) is 7.24. The van der Waals surface area contributed by atoms with E-state index in [1.807, 2.05) is 11.6 Å². The van der Waals surface area contributed by atoms with Crippen LogP contribution in [0.15, 0.2) is 12.4 Å². The highest BCUT2D eigenvalue weighted by molar-refractivity contribution is 6.31. The second-order valence-electron chi connectivity index (χ2n) is 4.52. The zero-order chi connectivity index (χ0) is 14.7. The number of aromatic nitrogens is 4. The summed E-state index contributed by atoms with van der Waals surface area (Å²) < 4.78 is 3.32. The van der Waals surface area contributed by atoms with Crippen molar-refractivity contribution in [2.45, 2.75) is 19.9 Å². The van der Waals surface area contributed by atoms with Gasteiger partial charge in [-0.3, -0.25) is 14.2 Å². The van der Waals surface area contributed by atoms with Crippen LogP contribution in [-0.4, -0.2) is 32.0 Å². The molecule has 20 heavy (non-hydrogen) atoms. The Bertz CT molecular complexity index is 617. The van der Waals surface area contributed by atoms with Crippen LogP contribution in [0.25, 0.3) is 0 Å². The van der Waals surface area contributed by atoms with Crippen LogP contribution < -0.4 is 11.1 Å². The highest BCUT2D eigenvalue weighted by atomic mass is 35.5. The smallest absolute Gasteiger partial charge is 0.273 e. The fraction of sp³-hybridized carbons (Fsp3) is 0.417. The Labute approximate surface area is 121 Å². The Kier molecular flexibility index (Phi) is 4.29. The van der Waals surface area contributed by atoms with E-state index >= 15 is 0 Å². The number of nitrogen functional groups attached to an aromatic ring is 1. The van der Waals surface area contributed by atoms with Crippen molar-refractivity contribution in [3.05, 3.63) is 28.8 Å². The molecule has 7 nitrogen and oxygen atoms in total. The zero-order valence-corrected chi connectivity index (χ0v) is 12.2. The molecule has 0 radical (unpaired) electrons. The number of rotatable bonds is 5. The van der Waals surface area contributed by atoms with Gasteiger partial charge in [0.15, 0.2) is 5.69 Å². The van der Waals surface area contributed by atoms with Crippen LogP contribution in [0, 0.1) is 6.92 Å². The number of anilines is 1. The molecule has 2 aromatic rings. The largest absolute Gasteiger partial charge is 0.396 e. The van der Waals surface area contributed by atoms with Gasteiger partial charge in [0, 0.05) is 26.3 Å². The first-order valence-corrected chi connectivity index (χ1v) is 6.62. The van der Waals surface area contributed by atoms with E-state index in [0.29, 0.717) is 23.8 Å². The van der Waals surface area contributed by atoms with Crippen molar-refractivity contribution in [2.75, 3.05) is 12.3 Å². The molecule has 0 atom stereocenters. The SMILES string of the molecule is Cc1c(Cl)cnn1CCCNC(=O)c1nn(C)cc1N. The minimum Gasteiger partial charge on any atom is -0.396 e. The molecule has 0 fully saturated rings. The van der Waals surface area contributed by atoms with E-state index in [1.165, 1.54) is 4.68 Å². The summed E-state index contributed by atoms with van der Waals surface area (Å²) in [7, 11) is 1.72. The lowest BCUT2D eigenvalue weighted by atomic mass is 10.3. The molecule has 0 saturated heterocycles. The van der Waals surface area contributed by atoms with Gasteiger partial charge in [-0.15, -0.1) is 0 Å². The summed E-state index contributed by atoms with van der Waals surface area (Å²) in [6.45, 7) is 3.12. The van der Waals surface area contributed by atoms with Crippen LogP contribution in [0.5, 0.6) is 0 Å². The lowest BCUT2D eigenvalue weighted by Gasteiger charge is -2.06. The molecule has 0 aliphatic rings. The molecule has 3 N–H and O–H groups in total. The molecule has 0 bridgehead atoms. The van der Waals surface area contributed by atoms with Gasteiger partial charge in [0.2, 0.25) is 0 Å². The molecule has 1 amide bonds. The number of halogens is 1. The number of carbonyl (C=O) groups is 1. The lowest BCUT2D eigenvalue weighted by molar-refractivity contribution is 0.0948. The highest BCUT2D eigenvalue weighted by Crippen LogP contribution is 2.13. The summed E-state index contributed by atoms with van der Waals surface area (Å²) >= 11 is 5.91. The van der Waals surface area contributed by atoms with Gasteiger partial charge >= 0.3 is 0 Å². The third-order valence-corrected chi connectivity index (χ3v) is 3.32. The predicted molar refractivity (Wildman–Crippen MR) is 76.5 cm³/mol. The number of amides is 1. The number of nitrogens with one attached hydrogen (secondary N) is 1. The number of carbonyl (C=O) groups excluding carboxylic acids is 1. The molecule has 2 aromatic heterocycles. The third-order valence-electron chi connectivity index (χ3n) is 2.95.